The Kier molecular flexibility index (Phi) is 4.80. The number of hydrogen-bond acceptors (Lipinski definition) is 3. The third-order valence-corrected chi connectivity index (χ3v) is 3.69. The van der Waals surface area contributed by atoms with E-state index >= 15 is 0 Å². The first-order chi connectivity index (χ1) is 9.20. The van der Waals surface area contributed by atoms with E-state index < -0.39 is 0 Å². The van der Waals surface area contributed by atoms with Crippen LogP contribution in [0, 0.1) is 5.92 Å². The molecule has 1 aromatic carbocycles. The second kappa shape index (κ2) is 6.57. The average Bonchev–Trinajstić information content (AvgIpc) is 2.86. The predicted octanol–water partition coefficient (Wildman–Crippen LogP) is 1.35. The van der Waals surface area contributed by atoms with Gasteiger partial charge in [0.25, 0.3) is 0 Å². The summed E-state index contributed by atoms with van der Waals surface area (Å²) in [5.74, 6) is 1.41. The molecule has 2 rings (SSSR count). The molecular weight excluding hydrogens is 240 g/mol. The third-order valence-electron chi connectivity index (χ3n) is 3.69. The first-order valence-corrected chi connectivity index (χ1v) is 6.84. The lowest BCUT2D eigenvalue weighted by molar-refractivity contribution is -0.123. The van der Waals surface area contributed by atoms with Crippen molar-refractivity contribution in [1.29, 1.82) is 0 Å². The van der Waals surface area contributed by atoms with Crippen molar-refractivity contribution >= 4 is 5.91 Å². The lowest BCUT2D eigenvalue weighted by Crippen LogP contribution is -2.43. The first kappa shape index (κ1) is 13.9. The van der Waals surface area contributed by atoms with Gasteiger partial charge in [-0.2, -0.15) is 0 Å². The largest absolute Gasteiger partial charge is 0.497 e. The van der Waals surface area contributed by atoms with E-state index in [-0.39, 0.29) is 11.9 Å². The van der Waals surface area contributed by atoms with Crippen molar-refractivity contribution in [1.82, 2.24) is 10.6 Å². The molecule has 1 aliphatic heterocycles. The van der Waals surface area contributed by atoms with Crippen LogP contribution in [0.4, 0.5) is 0 Å². The minimum absolute atomic E-state index is 0.0177. The predicted molar refractivity (Wildman–Crippen MR) is 75.3 cm³/mol. The second-order valence-corrected chi connectivity index (χ2v) is 5.09. The van der Waals surface area contributed by atoms with Crippen LogP contribution in [-0.4, -0.2) is 32.1 Å². The highest BCUT2D eigenvalue weighted by Crippen LogP contribution is 2.14. The van der Waals surface area contributed by atoms with Crippen molar-refractivity contribution in [3.63, 3.8) is 0 Å². The number of benzene rings is 1. The summed E-state index contributed by atoms with van der Waals surface area (Å²) in [4.78, 5) is 12.0. The molecule has 2 unspecified atom stereocenters. The van der Waals surface area contributed by atoms with E-state index in [9.17, 15) is 4.79 Å². The summed E-state index contributed by atoms with van der Waals surface area (Å²) in [6, 6.07) is 7.93. The molecule has 1 aliphatic rings. The average molecular weight is 262 g/mol. The standard InChI is InChI=1S/C15H22N2O2/c1-11-7-9-16-14(11)15(18)17-10-8-12-3-5-13(19-2)6-4-12/h3-6,11,14,16H,7-10H2,1-2H3,(H,17,18). The number of carbonyl (C=O) groups is 1. The zero-order valence-electron chi connectivity index (χ0n) is 11.6. The van der Waals surface area contributed by atoms with E-state index in [1.807, 2.05) is 24.3 Å². The van der Waals surface area contributed by atoms with Crippen molar-refractivity contribution in [3.8, 4) is 5.75 Å². The maximum atomic E-state index is 12.0. The van der Waals surface area contributed by atoms with Crippen LogP contribution in [0.3, 0.4) is 0 Å². The lowest BCUT2D eigenvalue weighted by Gasteiger charge is -2.15. The van der Waals surface area contributed by atoms with E-state index in [0.29, 0.717) is 12.5 Å². The van der Waals surface area contributed by atoms with Crippen LogP contribution < -0.4 is 15.4 Å². The maximum absolute atomic E-state index is 12.0. The van der Waals surface area contributed by atoms with Crippen LogP contribution in [0.25, 0.3) is 0 Å². The molecule has 1 aromatic rings. The Balaban J connectivity index is 1.75. The Morgan fingerprint density at radius 3 is 2.74 bits per heavy atom. The van der Waals surface area contributed by atoms with Crippen molar-refractivity contribution in [2.24, 2.45) is 5.92 Å². The minimum Gasteiger partial charge on any atom is -0.497 e. The topological polar surface area (TPSA) is 50.4 Å². The smallest absolute Gasteiger partial charge is 0.237 e. The van der Waals surface area contributed by atoms with Gasteiger partial charge in [-0.15, -0.1) is 0 Å². The van der Waals surface area contributed by atoms with Gasteiger partial charge < -0.3 is 15.4 Å². The molecule has 2 N–H and O–H groups in total. The van der Waals surface area contributed by atoms with Gasteiger partial charge in [-0.25, -0.2) is 0 Å². The fourth-order valence-electron chi connectivity index (χ4n) is 2.42. The molecule has 1 saturated heterocycles. The zero-order valence-corrected chi connectivity index (χ0v) is 11.6. The molecule has 4 heteroatoms. The minimum atomic E-state index is -0.0177. The van der Waals surface area contributed by atoms with Crippen LogP contribution in [0.2, 0.25) is 0 Å². The van der Waals surface area contributed by atoms with Crippen LogP contribution in [-0.2, 0) is 11.2 Å². The van der Waals surface area contributed by atoms with Gasteiger partial charge in [0, 0.05) is 6.54 Å². The number of amides is 1. The van der Waals surface area contributed by atoms with Gasteiger partial charge in [0.15, 0.2) is 0 Å². The molecular formula is C15H22N2O2. The van der Waals surface area contributed by atoms with Gasteiger partial charge in [-0.1, -0.05) is 19.1 Å². The zero-order chi connectivity index (χ0) is 13.7. The van der Waals surface area contributed by atoms with E-state index in [4.69, 9.17) is 4.74 Å². The van der Waals surface area contributed by atoms with Gasteiger partial charge >= 0.3 is 0 Å². The third kappa shape index (κ3) is 3.70. The second-order valence-electron chi connectivity index (χ2n) is 5.09. The summed E-state index contributed by atoms with van der Waals surface area (Å²) in [6.45, 7) is 3.74. The van der Waals surface area contributed by atoms with E-state index in [0.717, 1.165) is 25.1 Å². The Morgan fingerprint density at radius 1 is 1.42 bits per heavy atom. The number of nitrogens with one attached hydrogen (secondary N) is 2. The summed E-state index contributed by atoms with van der Waals surface area (Å²) >= 11 is 0. The van der Waals surface area contributed by atoms with E-state index in [1.54, 1.807) is 7.11 Å². The number of ether oxygens (including phenoxy) is 1. The molecule has 19 heavy (non-hydrogen) atoms. The SMILES string of the molecule is COc1ccc(CCNC(=O)C2NCCC2C)cc1. The van der Waals surface area contributed by atoms with Gasteiger partial charge in [-0.3, -0.25) is 4.79 Å². The van der Waals surface area contributed by atoms with Gasteiger partial charge in [-0.05, 0) is 43.0 Å². The molecule has 0 bridgehead atoms. The molecule has 1 amide bonds. The summed E-state index contributed by atoms with van der Waals surface area (Å²) < 4.78 is 5.11. The van der Waals surface area contributed by atoms with Crippen LogP contribution in [0.5, 0.6) is 5.75 Å². The molecule has 104 valence electrons. The Labute approximate surface area is 114 Å². The fourth-order valence-corrected chi connectivity index (χ4v) is 2.42. The van der Waals surface area contributed by atoms with E-state index in [1.165, 1.54) is 5.56 Å². The molecule has 0 aromatic heterocycles. The Morgan fingerprint density at radius 2 is 2.16 bits per heavy atom. The highest BCUT2D eigenvalue weighted by atomic mass is 16.5. The van der Waals surface area contributed by atoms with Gasteiger partial charge in [0.2, 0.25) is 5.91 Å². The summed E-state index contributed by atoms with van der Waals surface area (Å²) in [6.07, 6.45) is 1.92. The van der Waals surface area contributed by atoms with Gasteiger partial charge in [0.1, 0.15) is 5.75 Å². The quantitative estimate of drug-likeness (QED) is 0.842. The number of hydrogen-bond donors (Lipinski definition) is 2. The van der Waals surface area contributed by atoms with Crippen LogP contribution >= 0.6 is 0 Å². The fraction of sp³-hybridized carbons (Fsp3) is 0.533. The van der Waals surface area contributed by atoms with Crippen molar-refractivity contribution in [2.45, 2.75) is 25.8 Å². The molecule has 0 aliphatic carbocycles. The van der Waals surface area contributed by atoms with Crippen LogP contribution in [0.15, 0.2) is 24.3 Å². The highest BCUT2D eigenvalue weighted by Gasteiger charge is 2.28. The number of methoxy groups -OCH3 is 1. The lowest BCUT2D eigenvalue weighted by atomic mass is 10.0. The Bertz CT molecular complexity index is 417. The van der Waals surface area contributed by atoms with Crippen LogP contribution in [0.1, 0.15) is 18.9 Å². The monoisotopic (exact) mass is 262 g/mol. The Hall–Kier alpha value is -1.55. The summed E-state index contributed by atoms with van der Waals surface area (Å²) in [7, 11) is 1.66. The number of carbonyl (C=O) groups excluding carboxylic acids is 1. The summed E-state index contributed by atoms with van der Waals surface area (Å²) in [5, 5.41) is 6.24. The number of rotatable bonds is 5. The van der Waals surface area contributed by atoms with Crippen molar-refractivity contribution in [2.75, 3.05) is 20.2 Å². The van der Waals surface area contributed by atoms with Crippen molar-refractivity contribution < 1.29 is 9.53 Å². The molecule has 1 fully saturated rings. The van der Waals surface area contributed by atoms with Crippen molar-refractivity contribution in [3.05, 3.63) is 29.8 Å². The molecule has 0 spiro atoms. The highest BCUT2D eigenvalue weighted by molar-refractivity contribution is 5.82. The molecule has 4 nitrogen and oxygen atoms in total. The maximum Gasteiger partial charge on any atom is 0.237 e. The summed E-state index contributed by atoms with van der Waals surface area (Å²) in [5.41, 5.74) is 1.20. The molecule has 0 radical (unpaired) electrons. The van der Waals surface area contributed by atoms with Gasteiger partial charge in [0.05, 0.1) is 13.2 Å². The molecule has 2 atom stereocenters. The van der Waals surface area contributed by atoms with E-state index in [2.05, 4.69) is 17.6 Å². The molecule has 0 saturated carbocycles. The normalized spacial score (nSPS) is 22.2. The first-order valence-electron chi connectivity index (χ1n) is 6.84. The molecule has 1 heterocycles.